The number of carbonyl (C=O) groups is 1. The molecule has 5 rings (SSSR count). The van der Waals surface area contributed by atoms with Crippen LogP contribution >= 0.6 is 57.9 Å². The number of nitrogens with two attached hydrogens (primary N) is 1. The number of carboxylic acids is 1. The molecular formula is C64H137N11O9S5+4. The molecule has 0 fully saturated rings. The summed E-state index contributed by atoms with van der Waals surface area (Å²) in [6.45, 7) is 24.7. The Morgan fingerprint density at radius 3 is 1.07 bits per heavy atom. The number of carboxylic acid groups (broad SMARTS) is 1. The van der Waals surface area contributed by atoms with Crippen LogP contribution in [0, 0.1) is 23.7 Å². The van der Waals surface area contributed by atoms with Gasteiger partial charge >= 0.3 is 5.97 Å². The highest BCUT2D eigenvalue weighted by atomic mass is 32.3. The lowest BCUT2D eigenvalue weighted by Crippen LogP contribution is -2.35. The summed E-state index contributed by atoms with van der Waals surface area (Å²) >= 11 is 7.16. The maximum Gasteiger partial charge on any atom is 0.304 e. The van der Waals surface area contributed by atoms with Gasteiger partial charge in [-0.3, -0.25) is 4.79 Å². The van der Waals surface area contributed by atoms with Crippen LogP contribution in [0.3, 0.4) is 0 Å². The van der Waals surface area contributed by atoms with Gasteiger partial charge in [0, 0.05) is 101 Å². The highest BCUT2D eigenvalue weighted by Gasteiger charge is 2.16. The van der Waals surface area contributed by atoms with E-state index in [-0.39, 0.29) is 56.7 Å². The molecule has 0 saturated carbocycles. The molecule has 5 aromatic rings. The molecule has 5 aromatic heterocycles. The van der Waals surface area contributed by atoms with Crippen molar-refractivity contribution in [1.29, 1.82) is 0 Å². The van der Waals surface area contributed by atoms with Gasteiger partial charge in [-0.1, -0.05) is 99.9 Å². The molecule has 0 bridgehead atoms. The van der Waals surface area contributed by atoms with Crippen LogP contribution in [0.25, 0.3) is 0 Å². The Bertz CT molecular complexity index is 2040. The largest absolute Gasteiger partial charge is 0.481 e. The van der Waals surface area contributed by atoms with Crippen LogP contribution in [-0.2, 0) is 71.2 Å². The number of nitrogens with one attached hydrogen (secondary N) is 5. The van der Waals surface area contributed by atoms with E-state index in [4.69, 9.17) is 43.4 Å². The fourth-order valence-corrected chi connectivity index (χ4v) is 10.8. The first-order chi connectivity index (χ1) is 39.6. The minimum absolute atomic E-state index is 0. The van der Waals surface area contributed by atoms with E-state index < -0.39 is 16.8 Å². The standard InChI is InChI=1S/C12H22N2OS.C10H20O3S.2C9H12N4.C9H21NOS.C9H22O4S2.6CH4/c1-11(2)10-15-7-3-8-16-9-4-12-13-5-6-14-12;1-9(2)8-13-5-3-6-14-7-4-10(11)12;2*1-12-5-3-10-8(12)7-9-11-4-6-13(9)2;1-9(2)8-11-5-3-6-12-7-4-10;1-9(2)8-13-4-3-5-14-6-7-15(10,11)12;;;;;;/h5-6,11H,3-4,7-10H2,1-2H3,(H,13,14);9H,3-8H2,1-2H3,(H,11,12);2*3-6H,7H2,1-2H3;9H,3-8,10H2,1-2H3;9-12H,3-8H2,1-2H3;6*1H4/p+4. The van der Waals surface area contributed by atoms with Crippen molar-refractivity contribution in [3.63, 3.8) is 0 Å². The predicted molar refractivity (Wildman–Crippen MR) is 388 cm³/mol. The molecule has 528 valence electrons. The SMILES string of the molecule is C.C.C.C.C.C.CC(C)COCCCSCCC(=O)O.CC(C)COCCCSCCN.CC(C)COCCCSCCS(O)(O)O.CC(C)COCCCSCCc1ncc[nH]1.C[n+]1cc[nH]c1Cc1[nH]cc[n+]1C.C[n+]1cc[nH]c1Cc1[nH]cc[n+]1C. The van der Waals surface area contributed by atoms with Crippen LogP contribution < -0.4 is 24.0 Å². The van der Waals surface area contributed by atoms with Gasteiger partial charge in [-0.15, -0.1) is 0 Å². The second-order valence-electron chi connectivity index (χ2n) is 21.2. The monoisotopic (exact) mass is 1360 g/mol. The van der Waals surface area contributed by atoms with Gasteiger partial charge in [-0.25, -0.2) is 43.2 Å². The first-order valence-corrected chi connectivity index (χ1v) is 35.5. The van der Waals surface area contributed by atoms with Gasteiger partial charge in [0.2, 0.25) is 0 Å². The van der Waals surface area contributed by atoms with Crippen LogP contribution in [0.4, 0.5) is 0 Å². The van der Waals surface area contributed by atoms with E-state index in [0.717, 1.165) is 133 Å². The second-order valence-corrected chi connectivity index (χ2v) is 27.8. The van der Waals surface area contributed by atoms with E-state index in [2.05, 4.69) is 104 Å². The Kier molecular flexibility index (Phi) is 74.2. The number of imidazole rings is 5. The molecule has 89 heavy (non-hydrogen) atoms. The number of aliphatic carboxylic acids is 1. The zero-order valence-electron chi connectivity index (χ0n) is 52.7. The average molecular weight is 1370 g/mol. The van der Waals surface area contributed by atoms with E-state index >= 15 is 0 Å². The van der Waals surface area contributed by atoms with Crippen LogP contribution in [0.15, 0.2) is 62.0 Å². The second kappa shape index (κ2) is 66.4. The van der Waals surface area contributed by atoms with Gasteiger partial charge in [-0.05, 0) is 72.4 Å². The summed E-state index contributed by atoms with van der Waals surface area (Å²) in [5.74, 6) is 15.4. The van der Waals surface area contributed by atoms with Crippen molar-refractivity contribution in [2.75, 3.05) is 111 Å². The van der Waals surface area contributed by atoms with Crippen molar-refractivity contribution in [3.05, 3.63) is 91.1 Å². The van der Waals surface area contributed by atoms with Gasteiger partial charge in [0.25, 0.3) is 23.3 Å². The van der Waals surface area contributed by atoms with Crippen molar-refractivity contribution < 1.29 is 60.8 Å². The molecule has 0 aliphatic rings. The molecule has 0 unspecified atom stereocenters. The van der Waals surface area contributed by atoms with E-state index in [1.54, 1.807) is 29.7 Å². The zero-order chi connectivity index (χ0) is 61.9. The van der Waals surface area contributed by atoms with Crippen LogP contribution in [-0.4, -0.2) is 166 Å². The average Bonchev–Trinajstić information content (AvgIpc) is 4.49. The lowest BCUT2D eigenvalue weighted by Gasteiger charge is -2.18. The number of rotatable bonds is 39. The summed E-state index contributed by atoms with van der Waals surface area (Å²) in [5.41, 5.74) is 5.36. The van der Waals surface area contributed by atoms with E-state index in [0.29, 0.717) is 35.2 Å². The van der Waals surface area contributed by atoms with E-state index in [9.17, 15) is 4.79 Å². The third kappa shape index (κ3) is 64.8. The summed E-state index contributed by atoms with van der Waals surface area (Å²) in [6.07, 6.45) is 26.9. The zero-order valence-corrected chi connectivity index (χ0v) is 56.7. The molecule has 0 atom stereocenters. The Hall–Kier alpha value is -3.05. The number of aromatic amines is 5. The Labute approximate surface area is 562 Å². The third-order valence-corrected chi connectivity index (χ3v) is 16.3. The maximum absolute atomic E-state index is 10.2. The molecule has 20 nitrogen and oxygen atoms in total. The normalized spacial score (nSPS) is 10.6. The predicted octanol–water partition coefficient (Wildman–Crippen LogP) is 12.7. The lowest BCUT2D eigenvalue weighted by atomic mass is 10.2. The molecule has 0 aliphatic carbocycles. The van der Waals surface area contributed by atoms with E-state index in [1.807, 2.05) is 107 Å². The number of nitrogens with zero attached hydrogens (tertiary/aromatic N) is 5. The molecule has 0 aliphatic heterocycles. The third-order valence-electron chi connectivity index (χ3n) is 10.9. The van der Waals surface area contributed by atoms with Crippen molar-refractivity contribution in [1.82, 2.24) is 29.9 Å². The number of thioether (sulfide) groups is 4. The van der Waals surface area contributed by atoms with Crippen LogP contribution in [0.1, 0.15) is 161 Å². The molecule has 0 aromatic carbocycles. The summed E-state index contributed by atoms with van der Waals surface area (Å²) in [5, 5.41) is 8.38. The molecule has 25 heteroatoms. The van der Waals surface area contributed by atoms with Crippen molar-refractivity contribution in [2.45, 2.75) is 151 Å². The first-order valence-electron chi connectivity index (χ1n) is 29.2. The van der Waals surface area contributed by atoms with Crippen molar-refractivity contribution in [2.24, 2.45) is 57.6 Å². The summed E-state index contributed by atoms with van der Waals surface area (Å²) in [7, 11) is 4.86. The molecule has 0 radical (unpaired) electrons. The summed E-state index contributed by atoms with van der Waals surface area (Å²) < 4.78 is 56.1. The summed E-state index contributed by atoms with van der Waals surface area (Å²) in [6, 6.07) is 0. The molecule has 0 amide bonds. The number of H-pyrrole nitrogens is 5. The van der Waals surface area contributed by atoms with Crippen LogP contribution in [0.2, 0.25) is 0 Å². The molecule has 0 spiro atoms. The summed E-state index contributed by atoms with van der Waals surface area (Å²) in [4.78, 5) is 30.3. The number of aromatic nitrogens is 10. The number of hydrogen-bond donors (Lipinski definition) is 10. The molecule has 0 saturated heterocycles. The smallest absolute Gasteiger partial charge is 0.304 e. The minimum atomic E-state index is -3.28. The highest BCUT2D eigenvalue weighted by Crippen LogP contribution is 2.32. The topological polar surface area (TPSA) is 268 Å². The fourth-order valence-electron chi connectivity index (χ4n) is 6.52. The maximum atomic E-state index is 10.2. The van der Waals surface area contributed by atoms with Gasteiger partial charge < -0.3 is 48.4 Å². The fraction of sp³-hybridized carbons (Fsp3) is 0.750. The van der Waals surface area contributed by atoms with Crippen LogP contribution in [0.5, 0.6) is 0 Å². The number of hydrogen-bond acceptors (Lipinski definition) is 14. The van der Waals surface area contributed by atoms with Crippen molar-refractivity contribution in [3.8, 4) is 0 Å². The van der Waals surface area contributed by atoms with Gasteiger partial charge in [0.1, 0.15) is 55.4 Å². The highest BCUT2D eigenvalue weighted by molar-refractivity contribution is 8.19. The Balaban J connectivity index is -0.000000179. The first kappa shape index (κ1) is 99.5. The van der Waals surface area contributed by atoms with E-state index in [1.165, 1.54) is 34.8 Å². The quantitative estimate of drug-likeness (QED) is 0.0129. The number of aryl methyl sites for hydroxylation is 5. The minimum Gasteiger partial charge on any atom is -0.481 e. The molecule has 11 N–H and O–H groups in total. The van der Waals surface area contributed by atoms with Crippen molar-refractivity contribution >= 4 is 63.9 Å². The van der Waals surface area contributed by atoms with Gasteiger partial charge in [0.15, 0.2) is 12.8 Å². The molecule has 5 heterocycles. The van der Waals surface area contributed by atoms with Gasteiger partial charge in [-0.2, -0.15) is 47.0 Å². The molecular weight excluding hydrogens is 1230 g/mol. The lowest BCUT2D eigenvalue weighted by molar-refractivity contribution is -0.690. The Morgan fingerprint density at radius 2 is 0.809 bits per heavy atom. The Morgan fingerprint density at radius 1 is 0.494 bits per heavy atom. The number of ether oxygens (including phenoxy) is 4. The van der Waals surface area contributed by atoms with Gasteiger partial charge in [0.05, 0.1) is 51.2 Å².